The number of hydrogen-bond acceptors (Lipinski definition) is 6. The lowest BCUT2D eigenvalue weighted by Crippen LogP contribution is -2.29. The van der Waals surface area contributed by atoms with Gasteiger partial charge in [-0.25, -0.2) is 14.8 Å². The lowest BCUT2D eigenvalue weighted by Gasteiger charge is -2.29. The van der Waals surface area contributed by atoms with E-state index in [0.717, 1.165) is 56.9 Å². The van der Waals surface area contributed by atoms with Crippen LogP contribution in [0.5, 0.6) is 0 Å². The molecule has 3 aromatic carbocycles. The molecule has 8 nitrogen and oxygen atoms in total. The van der Waals surface area contributed by atoms with Gasteiger partial charge in [-0.3, -0.25) is 4.79 Å². The number of aromatic nitrogens is 2. The van der Waals surface area contributed by atoms with E-state index in [0.29, 0.717) is 18.0 Å². The predicted octanol–water partition coefficient (Wildman–Crippen LogP) is 7.50. The Kier molecular flexibility index (Phi) is 8.44. The van der Waals surface area contributed by atoms with E-state index in [2.05, 4.69) is 50.1 Å². The number of anilines is 2. The maximum Gasteiger partial charge on any atom is 0.323 e. The van der Waals surface area contributed by atoms with Crippen LogP contribution in [0.1, 0.15) is 36.3 Å². The van der Waals surface area contributed by atoms with Crippen molar-refractivity contribution < 1.29 is 14.7 Å². The van der Waals surface area contributed by atoms with Gasteiger partial charge in [0.15, 0.2) is 0 Å². The Labute approximate surface area is 254 Å². The molecule has 1 aliphatic rings. The van der Waals surface area contributed by atoms with Gasteiger partial charge in [0.2, 0.25) is 0 Å². The van der Waals surface area contributed by atoms with Crippen molar-refractivity contribution in [2.24, 2.45) is 0 Å². The summed E-state index contributed by atoms with van der Waals surface area (Å²) in [4.78, 5) is 35.1. The highest BCUT2D eigenvalue weighted by Crippen LogP contribution is 2.37. The molecule has 2 amide bonds. The zero-order valence-corrected chi connectivity index (χ0v) is 24.7. The number of likely N-dealkylation sites (tertiary alicyclic amines) is 1. The molecule has 0 atom stereocenters. The van der Waals surface area contributed by atoms with E-state index in [1.54, 1.807) is 17.7 Å². The van der Waals surface area contributed by atoms with Gasteiger partial charge in [0.25, 0.3) is 0 Å². The van der Waals surface area contributed by atoms with Crippen LogP contribution in [0.2, 0.25) is 0 Å². The smallest absolute Gasteiger partial charge is 0.323 e. The third kappa shape index (κ3) is 6.74. The first kappa shape index (κ1) is 28.5. The van der Waals surface area contributed by atoms with E-state index in [9.17, 15) is 9.59 Å². The summed E-state index contributed by atoms with van der Waals surface area (Å²) in [6.45, 7) is 2.24. The molecule has 218 valence electrons. The lowest BCUT2D eigenvalue weighted by molar-refractivity contribution is -0.136. The SMILES string of the molecule is CN1CCC(c2ccc(NC(=O)Nc3ccc(-c4ncnc5c(-c6ccc(CCC(=O)O)cc6)csc45)cc3)cc2)CC1. The van der Waals surface area contributed by atoms with E-state index in [1.807, 2.05) is 60.7 Å². The van der Waals surface area contributed by atoms with Crippen molar-refractivity contribution >= 4 is 44.9 Å². The van der Waals surface area contributed by atoms with Crippen LogP contribution < -0.4 is 10.6 Å². The number of rotatable bonds is 8. The third-order valence-corrected chi connectivity index (χ3v) is 9.00. The molecule has 0 aliphatic carbocycles. The van der Waals surface area contributed by atoms with Crippen LogP contribution in [0.25, 0.3) is 32.6 Å². The van der Waals surface area contributed by atoms with Crippen LogP contribution in [-0.2, 0) is 11.2 Å². The minimum absolute atomic E-state index is 0.114. The van der Waals surface area contributed by atoms with Crippen LogP contribution in [0.3, 0.4) is 0 Å². The Hall–Kier alpha value is -4.60. The summed E-state index contributed by atoms with van der Waals surface area (Å²) in [5.74, 6) is -0.217. The Morgan fingerprint density at radius 3 is 2.16 bits per heavy atom. The minimum Gasteiger partial charge on any atom is -0.481 e. The van der Waals surface area contributed by atoms with Crippen LogP contribution in [0.4, 0.5) is 16.2 Å². The molecular weight excluding hydrogens is 558 g/mol. The molecule has 1 fully saturated rings. The van der Waals surface area contributed by atoms with Crippen molar-refractivity contribution in [3.05, 3.63) is 95.6 Å². The summed E-state index contributed by atoms with van der Waals surface area (Å²) >= 11 is 1.59. The molecule has 43 heavy (non-hydrogen) atoms. The molecule has 5 aromatic rings. The van der Waals surface area contributed by atoms with E-state index < -0.39 is 5.97 Å². The van der Waals surface area contributed by atoms with Gasteiger partial charge in [-0.2, -0.15) is 0 Å². The number of benzene rings is 3. The molecule has 2 aromatic heterocycles. The number of aliphatic carboxylic acids is 1. The van der Waals surface area contributed by atoms with Crippen molar-refractivity contribution in [3.8, 4) is 22.4 Å². The molecule has 9 heteroatoms. The second kappa shape index (κ2) is 12.7. The largest absolute Gasteiger partial charge is 0.481 e. The number of amides is 2. The number of carbonyl (C=O) groups excluding carboxylic acids is 1. The zero-order valence-electron chi connectivity index (χ0n) is 23.9. The van der Waals surface area contributed by atoms with Crippen molar-refractivity contribution in [2.45, 2.75) is 31.6 Å². The van der Waals surface area contributed by atoms with Crippen LogP contribution >= 0.6 is 11.3 Å². The molecule has 3 N–H and O–H groups in total. The topological polar surface area (TPSA) is 107 Å². The second-order valence-corrected chi connectivity index (χ2v) is 11.9. The first-order valence-electron chi connectivity index (χ1n) is 14.4. The summed E-state index contributed by atoms with van der Waals surface area (Å²) in [7, 11) is 2.17. The third-order valence-electron chi connectivity index (χ3n) is 8.02. The highest BCUT2D eigenvalue weighted by atomic mass is 32.1. The average molecular weight is 592 g/mol. The summed E-state index contributed by atoms with van der Waals surface area (Å²) in [6.07, 6.45) is 4.53. The number of carboxylic acids is 1. The fraction of sp³-hybridized carbons (Fsp3) is 0.235. The normalized spacial score (nSPS) is 14.1. The molecule has 1 saturated heterocycles. The van der Waals surface area contributed by atoms with Gasteiger partial charge in [-0.1, -0.05) is 48.5 Å². The number of hydrogen-bond donors (Lipinski definition) is 3. The standard InChI is InChI=1S/C34H33N5O3S/c1-39-18-16-24(17-19-39)23-7-11-27(12-8-23)37-34(42)38-28-13-9-26(10-14-28)31-33-32(36-21-35-31)29(20-43-33)25-5-2-22(3-6-25)4-15-30(40)41/h2-3,5-14,20-21,24H,4,15-19H2,1H3,(H,40,41)(H2,37,38,42). The summed E-state index contributed by atoms with van der Waals surface area (Å²) in [5.41, 5.74) is 8.44. The summed E-state index contributed by atoms with van der Waals surface area (Å²) < 4.78 is 0.981. The maximum absolute atomic E-state index is 12.7. The van der Waals surface area contributed by atoms with Gasteiger partial charge in [0, 0.05) is 34.3 Å². The number of carbonyl (C=O) groups is 2. The number of nitrogens with zero attached hydrogens (tertiary/aromatic N) is 3. The number of carboxylic acid groups (broad SMARTS) is 1. The van der Waals surface area contributed by atoms with Gasteiger partial charge >= 0.3 is 12.0 Å². The maximum atomic E-state index is 12.7. The number of fused-ring (bicyclic) bond motifs is 1. The van der Waals surface area contributed by atoms with Gasteiger partial charge in [-0.05, 0) is 86.3 Å². The molecule has 0 saturated carbocycles. The Bertz CT molecular complexity index is 1730. The number of urea groups is 1. The molecule has 0 unspecified atom stereocenters. The van der Waals surface area contributed by atoms with Crippen molar-refractivity contribution in [3.63, 3.8) is 0 Å². The molecule has 6 rings (SSSR count). The Morgan fingerprint density at radius 1 is 0.884 bits per heavy atom. The highest BCUT2D eigenvalue weighted by Gasteiger charge is 2.18. The Balaban J connectivity index is 1.10. The monoisotopic (exact) mass is 591 g/mol. The molecule has 0 bridgehead atoms. The van der Waals surface area contributed by atoms with E-state index >= 15 is 0 Å². The Morgan fingerprint density at radius 2 is 1.51 bits per heavy atom. The van der Waals surface area contributed by atoms with Gasteiger partial charge in [0.1, 0.15) is 6.33 Å². The predicted molar refractivity (Wildman–Crippen MR) is 173 cm³/mol. The number of aryl methyl sites for hydroxylation is 1. The fourth-order valence-electron chi connectivity index (χ4n) is 5.55. The van der Waals surface area contributed by atoms with Crippen molar-refractivity contribution in [1.29, 1.82) is 0 Å². The van der Waals surface area contributed by atoms with Gasteiger partial charge < -0.3 is 20.6 Å². The van der Waals surface area contributed by atoms with Crippen molar-refractivity contribution in [1.82, 2.24) is 14.9 Å². The van der Waals surface area contributed by atoms with E-state index in [1.165, 1.54) is 18.4 Å². The van der Waals surface area contributed by atoms with E-state index in [4.69, 9.17) is 5.11 Å². The quantitative estimate of drug-likeness (QED) is 0.173. The molecule has 3 heterocycles. The average Bonchev–Trinajstić information content (AvgIpc) is 3.46. The molecule has 0 spiro atoms. The van der Waals surface area contributed by atoms with Gasteiger partial charge in [-0.15, -0.1) is 11.3 Å². The first-order chi connectivity index (χ1) is 20.9. The van der Waals surface area contributed by atoms with Gasteiger partial charge in [0.05, 0.1) is 15.9 Å². The molecule has 1 aliphatic heterocycles. The van der Waals surface area contributed by atoms with Crippen LogP contribution in [0, 0.1) is 0 Å². The van der Waals surface area contributed by atoms with Crippen LogP contribution in [-0.4, -0.2) is 52.1 Å². The fourth-order valence-corrected chi connectivity index (χ4v) is 6.59. The minimum atomic E-state index is -0.798. The summed E-state index contributed by atoms with van der Waals surface area (Å²) in [5, 5.41) is 16.9. The second-order valence-electron chi connectivity index (χ2n) is 11.0. The zero-order chi connectivity index (χ0) is 29.8. The number of nitrogens with one attached hydrogen (secondary N) is 2. The molecule has 0 radical (unpaired) electrons. The van der Waals surface area contributed by atoms with E-state index in [-0.39, 0.29) is 12.5 Å². The molecular formula is C34H33N5O3S. The summed E-state index contributed by atoms with van der Waals surface area (Å²) in [6, 6.07) is 23.5. The van der Waals surface area contributed by atoms with Crippen molar-refractivity contribution in [2.75, 3.05) is 30.8 Å². The number of thiophene rings is 1. The number of piperidine rings is 1. The first-order valence-corrected chi connectivity index (χ1v) is 15.3. The van der Waals surface area contributed by atoms with Crippen LogP contribution in [0.15, 0.2) is 84.5 Å². The highest BCUT2D eigenvalue weighted by molar-refractivity contribution is 7.18. The lowest BCUT2D eigenvalue weighted by atomic mass is 9.89.